The molecule has 1 aliphatic carbocycles. The van der Waals surface area contributed by atoms with Gasteiger partial charge in [0, 0.05) is 38.5 Å². The van der Waals surface area contributed by atoms with E-state index in [1.54, 1.807) is 0 Å². The minimum absolute atomic E-state index is 0.140. The summed E-state index contributed by atoms with van der Waals surface area (Å²) in [5.74, 6) is 0.681. The van der Waals surface area contributed by atoms with Gasteiger partial charge in [0.1, 0.15) is 0 Å². The number of hydrogen-bond acceptors (Lipinski definition) is 2. The minimum atomic E-state index is 0.140. The predicted molar refractivity (Wildman–Crippen MR) is 70.0 cm³/mol. The summed E-state index contributed by atoms with van der Waals surface area (Å²) in [7, 11) is 1.93. The Balaban J connectivity index is 1.78. The molecule has 1 saturated carbocycles. The molecule has 102 valence electrons. The van der Waals surface area contributed by atoms with Crippen molar-refractivity contribution in [3.63, 3.8) is 0 Å². The summed E-state index contributed by atoms with van der Waals surface area (Å²) in [4.78, 5) is 27.8. The van der Waals surface area contributed by atoms with Crippen LogP contribution in [-0.2, 0) is 9.59 Å². The van der Waals surface area contributed by atoms with E-state index < -0.39 is 0 Å². The lowest BCUT2D eigenvalue weighted by Crippen LogP contribution is -2.43. The molecule has 0 aromatic heterocycles. The van der Waals surface area contributed by atoms with Crippen molar-refractivity contribution in [3.05, 3.63) is 0 Å². The van der Waals surface area contributed by atoms with Crippen LogP contribution >= 0.6 is 0 Å². The first-order valence-electron chi connectivity index (χ1n) is 7.18. The van der Waals surface area contributed by atoms with E-state index in [1.165, 1.54) is 0 Å². The van der Waals surface area contributed by atoms with Crippen LogP contribution in [0.2, 0.25) is 0 Å². The molecule has 0 unspecified atom stereocenters. The first-order valence-corrected chi connectivity index (χ1v) is 7.18. The van der Waals surface area contributed by atoms with Crippen LogP contribution in [0.15, 0.2) is 0 Å². The Morgan fingerprint density at radius 2 is 1.78 bits per heavy atom. The van der Waals surface area contributed by atoms with E-state index in [9.17, 15) is 9.59 Å². The van der Waals surface area contributed by atoms with Crippen LogP contribution in [0.5, 0.6) is 0 Å². The normalized spacial score (nSPS) is 20.9. The van der Waals surface area contributed by atoms with Crippen LogP contribution in [-0.4, -0.2) is 47.8 Å². The topological polar surface area (TPSA) is 40.6 Å². The van der Waals surface area contributed by atoms with Crippen LogP contribution < -0.4 is 0 Å². The number of piperidine rings is 1. The maximum absolute atomic E-state index is 12.2. The maximum Gasteiger partial charge on any atom is 0.225 e. The number of amides is 2. The van der Waals surface area contributed by atoms with Crippen molar-refractivity contribution in [1.82, 2.24) is 9.80 Å². The van der Waals surface area contributed by atoms with Gasteiger partial charge in [0.25, 0.3) is 0 Å². The molecule has 18 heavy (non-hydrogen) atoms. The maximum atomic E-state index is 12.2. The van der Waals surface area contributed by atoms with Gasteiger partial charge >= 0.3 is 0 Å². The summed E-state index contributed by atoms with van der Waals surface area (Å²) in [5.41, 5.74) is 0. The summed E-state index contributed by atoms with van der Waals surface area (Å²) >= 11 is 0. The number of rotatable bonds is 4. The number of nitrogens with zero attached hydrogens (tertiary/aromatic N) is 2. The highest BCUT2D eigenvalue weighted by atomic mass is 16.2. The largest absolute Gasteiger partial charge is 0.343 e. The summed E-state index contributed by atoms with van der Waals surface area (Å²) in [6.45, 7) is 3.54. The van der Waals surface area contributed by atoms with Gasteiger partial charge in [0.15, 0.2) is 0 Å². The molecular formula is C14H24N2O2. The van der Waals surface area contributed by atoms with E-state index in [4.69, 9.17) is 0 Å². The molecule has 0 aromatic carbocycles. The zero-order valence-electron chi connectivity index (χ0n) is 11.5. The molecule has 1 aliphatic heterocycles. The molecule has 1 saturated heterocycles. The number of carbonyl (C=O) groups is 2. The van der Waals surface area contributed by atoms with Gasteiger partial charge in [0.05, 0.1) is 0 Å². The fourth-order valence-corrected chi connectivity index (χ4v) is 2.68. The van der Waals surface area contributed by atoms with E-state index in [1.807, 2.05) is 23.8 Å². The third kappa shape index (κ3) is 3.03. The van der Waals surface area contributed by atoms with Gasteiger partial charge in [-0.05, 0) is 32.1 Å². The Morgan fingerprint density at radius 3 is 2.28 bits per heavy atom. The predicted octanol–water partition coefficient (Wildman–Crippen LogP) is 1.65. The molecule has 0 spiro atoms. The van der Waals surface area contributed by atoms with Crippen molar-refractivity contribution in [2.45, 2.75) is 51.5 Å². The first-order chi connectivity index (χ1) is 8.63. The number of hydrogen-bond donors (Lipinski definition) is 0. The lowest BCUT2D eigenvalue weighted by atomic mass is 9.95. The van der Waals surface area contributed by atoms with Crippen LogP contribution in [0.25, 0.3) is 0 Å². The second-order valence-corrected chi connectivity index (χ2v) is 5.59. The van der Waals surface area contributed by atoms with Gasteiger partial charge in [-0.25, -0.2) is 0 Å². The smallest absolute Gasteiger partial charge is 0.225 e. The van der Waals surface area contributed by atoms with E-state index in [0.717, 1.165) is 45.2 Å². The lowest BCUT2D eigenvalue weighted by Gasteiger charge is -2.33. The van der Waals surface area contributed by atoms with Crippen molar-refractivity contribution < 1.29 is 9.59 Å². The van der Waals surface area contributed by atoms with Crippen molar-refractivity contribution in [1.29, 1.82) is 0 Å². The molecule has 0 bridgehead atoms. The first kappa shape index (κ1) is 13.4. The molecule has 2 aliphatic rings. The Morgan fingerprint density at radius 1 is 1.17 bits per heavy atom. The molecule has 1 heterocycles. The highest BCUT2D eigenvalue weighted by molar-refractivity contribution is 5.80. The average Bonchev–Trinajstić information content (AvgIpc) is 3.22. The number of likely N-dealkylation sites (tertiary alicyclic amines) is 1. The monoisotopic (exact) mass is 252 g/mol. The fraction of sp³-hybridized carbons (Fsp3) is 0.857. The van der Waals surface area contributed by atoms with Gasteiger partial charge in [-0.2, -0.15) is 0 Å². The van der Waals surface area contributed by atoms with Gasteiger partial charge < -0.3 is 9.80 Å². The van der Waals surface area contributed by atoms with Crippen LogP contribution in [0.4, 0.5) is 0 Å². The molecule has 2 amide bonds. The van der Waals surface area contributed by atoms with Crippen molar-refractivity contribution >= 4 is 11.8 Å². The van der Waals surface area contributed by atoms with E-state index >= 15 is 0 Å². The van der Waals surface area contributed by atoms with E-state index in [0.29, 0.717) is 18.4 Å². The highest BCUT2D eigenvalue weighted by Gasteiger charge is 2.35. The summed E-state index contributed by atoms with van der Waals surface area (Å²) in [6.07, 6.45) is 5.55. The van der Waals surface area contributed by atoms with Gasteiger partial charge in [-0.1, -0.05) is 6.92 Å². The Kier molecular flexibility index (Phi) is 4.25. The second-order valence-electron chi connectivity index (χ2n) is 5.59. The molecule has 4 heteroatoms. The molecule has 0 aromatic rings. The van der Waals surface area contributed by atoms with Gasteiger partial charge in [0.2, 0.25) is 11.8 Å². The molecule has 0 N–H and O–H groups in total. The van der Waals surface area contributed by atoms with Crippen LogP contribution in [0.3, 0.4) is 0 Å². The van der Waals surface area contributed by atoms with E-state index in [2.05, 4.69) is 0 Å². The fourth-order valence-electron chi connectivity index (χ4n) is 2.68. The highest BCUT2D eigenvalue weighted by Crippen LogP contribution is 2.29. The standard InChI is InChI=1S/C14H24N2O2/c1-3-4-13(17)16-9-7-11(8-10-16)14(18)15(2)12-5-6-12/h11-12H,3-10H2,1-2H3. The SMILES string of the molecule is CCCC(=O)N1CCC(C(=O)N(C)C2CC2)CC1. The molecule has 0 atom stereocenters. The summed E-state index contributed by atoms with van der Waals surface area (Å²) in [6, 6.07) is 0.497. The lowest BCUT2D eigenvalue weighted by molar-refractivity contribution is -0.140. The van der Waals surface area contributed by atoms with Crippen LogP contribution in [0.1, 0.15) is 45.4 Å². The third-order valence-electron chi connectivity index (χ3n) is 4.10. The quantitative estimate of drug-likeness (QED) is 0.763. The zero-order chi connectivity index (χ0) is 13.1. The van der Waals surface area contributed by atoms with Gasteiger partial charge in [-0.3, -0.25) is 9.59 Å². The van der Waals surface area contributed by atoms with Gasteiger partial charge in [-0.15, -0.1) is 0 Å². The van der Waals surface area contributed by atoms with Crippen molar-refractivity contribution in [2.75, 3.05) is 20.1 Å². The van der Waals surface area contributed by atoms with Crippen molar-refractivity contribution in [2.24, 2.45) is 5.92 Å². The van der Waals surface area contributed by atoms with E-state index in [-0.39, 0.29) is 11.8 Å². The Labute approximate surface area is 109 Å². The second kappa shape index (κ2) is 5.72. The molecule has 4 nitrogen and oxygen atoms in total. The molecule has 2 fully saturated rings. The summed E-state index contributed by atoms with van der Waals surface area (Å²) < 4.78 is 0. The average molecular weight is 252 g/mol. The molecule has 0 radical (unpaired) electrons. The van der Waals surface area contributed by atoms with Crippen LogP contribution in [0, 0.1) is 5.92 Å². The Bertz CT molecular complexity index is 318. The third-order valence-corrected chi connectivity index (χ3v) is 4.10. The van der Waals surface area contributed by atoms with Crippen molar-refractivity contribution in [3.8, 4) is 0 Å². The number of carbonyl (C=O) groups excluding carboxylic acids is 2. The minimum Gasteiger partial charge on any atom is -0.343 e. The molecular weight excluding hydrogens is 228 g/mol. The zero-order valence-corrected chi connectivity index (χ0v) is 11.5. The summed E-state index contributed by atoms with van der Waals surface area (Å²) in [5, 5.41) is 0. The Hall–Kier alpha value is -1.06. The molecule has 2 rings (SSSR count).